The summed E-state index contributed by atoms with van der Waals surface area (Å²) in [7, 11) is 0. The first-order chi connectivity index (χ1) is 17.0. The van der Waals surface area contributed by atoms with E-state index in [9.17, 15) is 9.90 Å². The number of benzene rings is 1. The van der Waals surface area contributed by atoms with Crippen LogP contribution >= 0.6 is 22.7 Å². The minimum absolute atomic E-state index is 0.0114. The number of hydrogen-bond donors (Lipinski definition) is 1. The molecule has 3 aromatic rings. The minimum Gasteiger partial charge on any atom is -0.375 e. The van der Waals surface area contributed by atoms with E-state index in [1.54, 1.807) is 0 Å². The zero-order valence-corrected chi connectivity index (χ0v) is 22.4. The Kier molecular flexibility index (Phi) is 7.47. The molecule has 2 aromatic heterocycles. The van der Waals surface area contributed by atoms with Crippen molar-refractivity contribution in [1.82, 2.24) is 4.90 Å². The second kappa shape index (κ2) is 10.6. The summed E-state index contributed by atoms with van der Waals surface area (Å²) < 4.78 is 0. The SMILES string of the molecule is C[C](C)C(c1cccs1)c1cc(C2CCN(C(=O)C(O)(c3ccccc3)C3CCCC3)CC2)cs1. The summed E-state index contributed by atoms with van der Waals surface area (Å²) in [5.41, 5.74) is 0.768. The first-order valence-electron chi connectivity index (χ1n) is 13.0. The Hall–Kier alpha value is -1.95. The average Bonchev–Trinajstić information content (AvgIpc) is 3.67. The number of amides is 1. The quantitative estimate of drug-likeness (QED) is 0.364. The predicted molar refractivity (Wildman–Crippen MR) is 146 cm³/mol. The summed E-state index contributed by atoms with van der Waals surface area (Å²) in [5, 5.41) is 16.4. The maximum atomic E-state index is 13.8. The van der Waals surface area contributed by atoms with Crippen LogP contribution in [0.5, 0.6) is 0 Å². The highest BCUT2D eigenvalue weighted by Gasteiger charge is 2.48. The molecule has 2 atom stereocenters. The molecule has 0 spiro atoms. The van der Waals surface area contributed by atoms with Gasteiger partial charge in [0.1, 0.15) is 0 Å². The molecule has 185 valence electrons. The number of aliphatic hydroxyl groups is 1. The largest absolute Gasteiger partial charge is 0.375 e. The zero-order chi connectivity index (χ0) is 24.4. The van der Waals surface area contributed by atoms with Gasteiger partial charge in [-0.05, 0) is 71.5 Å². The van der Waals surface area contributed by atoms with E-state index in [4.69, 9.17) is 0 Å². The maximum absolute atomic E-state index is 13.8. The molecule has 1 N–H and O–H groups in total. The maximum Gasteiger partial charge on any atom is 0.259 e. The van der Waals surface area contributed by atoms with Crippen molar-refractivity contribution in [2.24, 2.45) is 5.92 Å². The van der Waals surface area contributed by atoms with E-state index < -0.39 is 5.60 Å². The van der Waals surface area contributed by atoms with Crippen LogP contribution in [0.1, 0.15) is 85.1 Å². The molecule has 1 saturated heterocycles. The summed E-state index contributed by atoms with van der Waals surface area (Å²) in [5.74, 6) is 2.20. The average molecular weight is 507 g/mol. The van der Waals surface area contributed by atoms with Crippen LogP contribution in [0, 0.1) is 11.8 Å². The van der Waals surface area contributed by atoms with Gasteiger partial charge in [-0.1, -0.05) is 63.1 Å². The van der Waals surface area contributed by atoms with Crippen molar-refractivity contribution in [1.29, 1.82) is 0 Å². The van der Waals surface area contributed by atoms with Gasteiger partial charge in [-0.2, -0.15) is 0 Å². The van der Waals surface area contributed by atoms with Gasteiger partial charge in [-0.15, -0.1) is 22.7 Å². The van der Waals surface area contributed by atoms with Gasteiger partial charge in [0, 0.05) is 34.7 Å². The second-order valence-corrected chi connectivity index (χ2v) is 12.4. The van der Waals surface area contributed by atoms with E-state index >= 15 is 0 Å². The molecule has 1 saturated carbocycles. The molecular weight excluding hydrogens is 470 g/mol. The van der Waals surface area contributed by atoms with Crippen LogP contribution in [0.4, 0.5) is 0 Å². The summed E-state index contributed by atoms with van der Waals surface area (Å²) in [6.07, 6.45) is 5.94. The van der Waals surface area contributed by atoms with Gasteiger partial charge in [-0.25, -0.2) is 0 Å². The first kappa shape index (κ1) is 24.7. The number of piperidine rings is 1. The molecule has 1 radical (unpaired) electrons. The van der Waals surface area contributed by atoms with Crippen molar-refractivity contribution in [2.75, 3.05) is 13.1 Å². The van der Waals surface area contributed by atoms with Crippen molar-refractivity contribution in [3.63, 3.8) is 0 Å². The summed E-state index contributed by atoms with van der Waals surface area (Å²) >= 11 is 3.70. The molecule has 1 aromatic carbocycles. The van der Waals surface area contributed by atoms with E-state index in [0.29, 0.717) is 24.9 Å². The van der Waals surface area contributed by atoms with E-state index in [1.165, 1.54) is 21.2 Å². The molecule has 1 amide bonds. The number of nitrogens with zero attached hydrogens (tertiary/aromatic N) is 1. The van der Waals surface area contributed by atoms with Crippen LogP contribution in [-0.4, -0.2) is 29.0 Å². The summed E-state index contributed by atoms with van der Waals surface area (Å²) in [6, 6.07) is 16.4. The van der Waals surface area contributed by atoms with E-state index in [-0.39, 0.29) is 11.8 Å². The van der Waals surface area contributed by atoms with E-state index in [0.717, 1.165) is 44.1 Å². The van der Waals surface area contributed by atoms with Crippen LogP contribution in [0.2, 0.25) is 0 Å². The van der Waals surface area contributed by atoms with Gasteiger partial charge in [0.2, 0.25) is 0 Å². The molecular formula is C30H36NO2S2. The van der Waals surface area contributed by atoms with Gasteiger partial charge in [-0.3, -0.25) is 4.79 Å². The number of likely N-dealkylation sites (tertiary alicyclic amines) is 1. The van der Waals surface area contributed by atoms with Crippen LogP contribution in [0.3, 0.4) is 0 Å². The molecule has 3 heterocycles. The van der Waals surface area contributed by atoms with Crippen molar-refractivity contribution in [2.45, 2.75) is 69.8 Å². The summed E-state index contributed by atoms with van der Waals surface area (Å²) in [6.45, 7) is 5.88. The lowest BCUT2D eigenvalue weighted by Crippen LogP contribution is -2.52. The monoisotopic (exact) mass is 506 g/mol. The third-order valence-electron chi connectivity index (χ3n) is 8.07. The fourth-order valence-corrected chi connectivity index (χ4v) is 8.41. The van der Waals surface area contributed by atoms with Gasteiger partial charge in [0.25, 0.3) is 5.91 Å². The molecule has 1 aliphatic heterocycles. The van der Waals surface area contributed by atoms with Gasteiger partial charge in [0.15, 0.2) is 5.60 Å². The van der Waals surface area contributed by atoms with Gasteiger partial charge >= 0.3 is 0 Å². The molecule has 2 fully saturated rings. The Balaban J connectivity index is 1.29. The van der Waals surface area contributed by atoms with E-state index in [2.05, 4.69) is 42.8 Å². The van der Waals surface area contributed by atoms with Crippen LogP contribution in [-0.2, 0) is 10.4 Å². The molecule has 1 aliphatic carbocycles. The van der Waals surface area contributed by atoms with Crippen molar-refractivity contribution in [3.05, 3.63) is 86.1 Å². The molecule has 2 unspecified atom stereocenters. The number of carbonyl (C=O) groups excluding carboxylic acids is 1. The number of carbonyl (C=O) groups is 1. The normalized spacial score (nSPS) is 20.3. The fourth-order valence-electron chi connectivity index (χ4n) is 6.13. The third-order valence-corrected chi connectivity index (χ3v) is 10.0. The van der Waals surface area contributed by atoms with Crippen LogP contribution in [0.25, 0.3) is 0 Å². The molecule has 5 rings (SSSR count). The Morgan fingerprint density at radius 3 is 2.31 bits per heavy atom. The topological polar surface area (TPSA) is 40.5 Å². The highest BCUT2D eigenvalue weighted by atomic mass is 32.1. The van der Waals surface area contributed by atoms with Crippen LogP contribution < -0.4 is 0 Å². The van der Waals surface area contributed by atoms with Gasteiger partial charge in [0.05, 0.1) is 0 Å². The lowest BCUT2D eigenvalue weighted by atomic mass is 9.78. The standard InChI is InChI=1S/C30H36NO2S2/c1-21(2)28(26-13-8-18-34-26)27-19-23(20-35-27)22-14-16-31(17-15-22)29(32)30(33,25-11-6-7-12-25)24-9-4-3-5-10-24/h3-5,8-10,13,18-20,22,25,28,33H,6-7,11-12,14-17H2,1-2H3. The number of rotatable bonds is 7. The Bertz CT molecular complexity index is 1090. The lowest BCUT2D eigenvalue weighted by Gasteiger charge is -2.40. The third kappa shape index (κ3) is 4.87. The number of hydrogen-bond acceptors (Lipinski definition) is 4. The minimum atomic E-state index is -1.40. The van der Waals surface area contributed by atoms with Crippen molar-refractivity contribution in [3.8, 4) is 0 Å². The molecule has 5 heteroatoms. The highest BCUT2D eigenvalue weighted by molar-refractivity contribution is 7.11. The Labute approximate surface area is 217 Å². The zero-order valence-electron chi connectivity index (χ0n) is 20.8. The lowest BCUT2D eigenvalue weighted by molar-refractivity contribution is -0.160. The smallest absolute Gasteiger partial charge is 0.259 e. The van der Waals surface area contributed by atoms with Crippen molar-refractivity contribution < 1.29 is 9.90 Å². The van der Waals surface area contributed by atoms with Crippen molar-refractivity contribution >= 4 is 28.6 Å². The molecule has 35 heavy (non-hydrogen) atoms. The molecule has 0 bridgehead atoms. The summed E-state index contributed by atoms with van der Waals surface area (Å²) in [4.78, 5) is 18.6. The van der Waals surface area contributed by atoms with E-state index in [1.807, 2.05) is 57.9 Å². The second-order valence-electron chi connectivity index (χ2n) is 10.5. The first-order valence-corrected chi connectivity index (χ1v) is 14.7. The Morgan fingerprint density at radius 1 is 0.971 bits per heavy atom. The molecule has 3 nitrogen and oxygen atoms in total. The number of thiophene rings is 2. The highest BCUT2D eigenvalue weighted by Crippen LogP contribution is 2.44. The Morgan fingerprint density at radius 2 is 1.69 bits per heavy atom. The molecule has 2 aliphatic rings. The van der Waals surface area contributed by atoms with Gasteiger partial charge < -0.3 is 10.0 Å². The fraction of sp³-hybridized carbons (Fsp3) is 0.467. The van der Waals surface area contributed by atoms with Crippen LogP contribution in [0.15, 0.2) is 59.3 Å². The predicted octanol–water partition coefficient (Wildman–Crippen LogP) is 7.34.